The fraction of sp³-hybridized carbons (Fsp3) is 0.161. The molecule has 148 valence electrons. The smallest absolute Gasteiger partial charge is 0.0725 e. The van der Waals surface area contributed by atoms with Gasteiger partial charge in [-0.15, -0.1) is 0 Å². The summed E-state index contributed by atoms with van der Waals surface area (Å²) in [6, 6.07) is 28.1. The first-order chi connectivity index (χ1) is 15.2. The van der Waals surface area contributed by atoms with Crippen LogP contribution in [0, 0.1) is 13.8 Å². The topological polar surface area (TPSA) is 0 Å². The Balaban J connectivity index is 1.72. The van der Waals surface area contributed by atoms with Gasteiger partial charge in [-0.1, -0.05) is 96.1 Å². The third kappa shape index (κ3) is 2.01. The van der Waals surface area contributed by atoms with Crippen LogP contribution in [0.5, 0.6) is 0 Å². The Morgan fingerprint density at radius 1 is 0.645 bits per heavy atom. The van der Waals surface area contributed by atoms with E-state index in [4.69, 9.17) is 0 Å². The van der Waals surface area contributed by atoms with Crippen LogP contribution in [0.15, 0.2) is 78.9 Å². The van der Waals surface area contributed by atoms with E-state index in [1.54, 1.807) is 0 Å². The molecule has 0 saturated carbocycles. The average molecular weight is 397 g/mol. The minimum atomic E-state index is -0.227. The van der Waals surface area contributed by atoms with Crippen molar-refractivity contribution in [3.05, 3.63) is 123 Å². The summed E-state index contributed by atoms with van der Waals surface area (Å²) in [7, 11) is 0. The molecule has 3 aliphatic carbocycles. The Labute approximate surface area is 183 Å². The Kier molecular flexibility index (Phi) is 3.27. The summed E-state index contributed by atoms with van der Waals surface area (Å²) < 4.78 is 0. The molecule has 0 bridgehead atoms. The highest BCUT2D eigenvalue weighted by Crippen LogP contribution is 2.63. The van der Waals surface area contributed by atoms with Crippen LogP contribution in [0.2, 0.25) is 0 Å². The predicted octanol–water partition coefficient (Wildman–Crippen LogP) is 7.61. The van der Waals surface area contributed by atoms with Crippen LogP contribution < -0.4 is 0 Å². The van der Waals surface area contributed by atoms with Crippen LogP contribution in [0.1, 0.15) is 50.9 Å². The quantitative estimate of drug-likeness (QED) is 0.248. The summed E-state index contributed by atoms with van der Waals surface area (Å²) >= 11 is 0. The molecule has 4 aromatic carbocycles. The maximum Gasteiger partial charge on any atom is 0.0725 e. The lowest BCUT2D eigenvalue weighted by atomic mass is 9.70. The highest BCUT2D eigenvalue weighted by atomic mass is 14.5. The maximum absolute atomic E-state index is 2.44. The number of rotatable bonds is 0. The first-order valence-electron chi connectivity index (χ1n) is 11.3. The zero-order valence-electron chi connectivity index (χ0n) is 18.0. The van der Waals surface area contributed by atoms with Gasteiger partial charge in [0.25, 0.3) is 0 Å². The van der Waals surface area contributed by atoms with Crippen molar-refractivity contribution in [3.8, 4) is 22.3 Å². The third-order valence-corrected chi connectivity index (χ3v) is 7.65. The lowest BCUT2D eigenvalue weighted by molar-refractivity contribution is 0.790. The monoisotopic (exact) mass is 396 g/mol. The Bertz CT molecular complexity index is 1400. The molecule has 0 heteroatoms. The SMILES string of the molecule is Cc1ccc2c(c1)C1(c3cc(C)ccc3-2)c2ccccc2-c2c1ccc1c2C=CCC1. The second-order valence-electron chi connectivity index (χ2n) is 9.40. The molecule has 0 saturated heterocycles. The van der Waals surface area contributed by atoms with Crippen LogP contribution in [-0.2, 0) is 11.8 Å². The van der Waals surface area contributed by atoms with Gasteiger partial charge in [-0.2, -0.15) is 0 Å². The number of fused-ring (bicyclic) bond motifs is 12. The van der Waals surface area contributed by atoms with Gasteiger partial charge < -0.3 is 0 Å². The van der Waals surface area contributed by atoms with Crippen molar-refractivity contribution < 1.29 is 0 Å². The van der Waals surface area contributed by atoms with Crippen molar-refractivity contribution in [1.82, 2.24) is 0 Å². The second-order valence-corrected chi connectivity index (χ2v) is 9.40. The number of benzene rings is 4. The first kappa shape index (κ1) is 17.3. The Hall–Kier alpha value is -3.38. The van der Waals surface area contributed by atoms with Crippen LogP contribution in [0.25, 0.3) is 28.3 Å². The van der Waals surface area contributed by atoms with E-state index < -0.39 is 0 Å². The molecule has 0 nitrogen and oxygen atoms in total. The molecule has 0 N–H and O–H groups in total. The van der Waals surface area contributed by atoms with Gasteiger partial charge in [0.05, 0.1) is 5.41 Å². The first-order valence-corrected chi connectivity index (χ1v) is 11.3. The molecule has 1 spiro atoms. The summed E-state index contributed by atoms with van der Waals surface area (Å²) in [4.78, 5) is 0. The van der Waals surface area contributed by atoms with Crippen molar-refractivity contribution in [3.63, 3.8) is 0 Å². The molecular formula is C31H24. The van der Waals surface area contributed by atoms with Gasteiger partial charge in [0.1, 0.15) is 0 Å². The molecule has 31 heavy (non-hydrogen) atoms. The molecule has 3 aliphatic rings. The van der Waals surface area contributed by atoms with Crippen LogP contribution in [0.3, 0.4) is 0 Å². The lowest BCUT2D eigenvalue weighted by Gasteiger charge is -2.31. The largest absolute Gasteiger partial charge is 0.0836 e. The van der Waals surface area contributed by atoms with E-state index in [1.807, 2.05) is 0 Å². The molecule has 0 aromatic heterocycles. The van der Waals surface area contributed by atoms with Gasteiger partial charge in [-0.25, -0.2) is 0 Å². The van der Waals surface area contributed by atoms with E-state index in [-0.39, 0.29) is 5.41 Å². The minimum absolute atomic E-state index is 0.227. The maximum atomic E-state index is 2.44. The highest BCUT2D eigenvalue weighted by Gasteiger charge is 2.52. The highest BCUT2D eigenvalue weighted by molar-refractivity contribution is 5.98. The van der Waals surface area contributed by atoms with E-state index in [2.05, 4.69) is 98.8 Å². The van der Waals surface area contributed by atoms with E-state index in [9.17, 15) is 0 Å². The fourth-order valence-electron chi connectivity index (χ4n) is 6.42. The van der Waals surface area contributed by atoms with Crippen molar-refractivity contribution >= 4 is 6.08 Å². The van der Waals surface area contributed by atoms with E-state index in [1.165, 1.54) is 66.8 Å². The summed E-state index contributed by atoms with van der Waals surface area (Å²) in [5.74, 6) is 0. The number of allylic oxidation sites excluding steroid dienone is 1. The second kappa shape index (κ2) is 5.86. The zero-order chi connectivity index (χ0) is 20.7. The summed E-state index contributed by atoms with van der Waals surface area (Å²) in [5, 5.41) is 0. The third-order valence-electron chi connectivity index (χ3n) is 7.65. The van der Waals surface area contributed by atoms with Gasteiger partial charge in [-0.3, -0.25) is 0 Å². The van der Waals surface area contributed by atoms with Crippen molar-refractivity contribution in [2.24, 2.45) is 0 Å². The molecule has 7 rings (SSSR count). The summed E-state index contributed by atoms with van der Waals surface area (Å²) in [6.07, 6.45) is 7.00. The van der Waals surface area contributed by atoms with E-state index >= 15 is 0 Å². The standard InChI is InChI=1S/C31H24/c1-19-11-14-23-24-15-12-20(2)18-29(24)31(28(23)17-19)26-10-6-5-9-25(26)30-22-8-4-3-7-21(22)13-16-27(30)31/h4-6,8-18H,3,7H2,1-2H3. The van der Waals surface area contributed by atoms with Gasteiger partial charge in [0.2, 0.25) is 0 Å². The molecular weight excluding hydrogens is 372 g/mol. The summed E-state index contributed by atoms with van der Waals surface area (Å²) in [5.41, 5.74) is 16.7. The van der Waals surface area contributed by atoms with Gasteiger partial charge in [-0.05, 0) is 82.3 Å². The van der Waals surface area contributed by atoms with Crippen LogP contribution >= 0.6 is 0 Å². The molecule has 0 heterocycles. The number of hydrogen-bond donors (Lipinski definition) is 0. The number of hydrogen-bond acceptors (Lipinski definition) is 0. The van der Waals surface area contributed by atoms with Crippen LogP contribution in [0.4, 0.5) is 0 Å². The fourth-order valence-corrected chi connectivity index (χ4v) is 6.42. The van der Waals surface area contributed by atoms with E-state index in [0.717, 1.165) is 12.8 Å². The van der Waals surface area contributed by atoms with E-state index in [0.29, 0.717) is 0 Å². The van der Waals surface area contributed by atoms with Crippen LogP contribution in [-0.4, -0.2) is 0 Å². The zero-order valence-corrected chi connectivity index (χ0v) is 18.0. The predicted molar refractivity (Wildman–Crippen MR) is 130 cm³/mol. The normalized spacial score (nSPS) is 15.9. The minimum Gasteiger partial charge on any atom is -0.0836 e. The lowest BCUT2D eigenvalue weighted by Crippen LogP contribution is -2.26. The van der Waals surface area contributed by atoms with Gasteiger partial charge in [0, 0.05) is 0 Å². The Morgan fingerprint density at radius 3 is 2.10 bits per heavy atom. The molecule has 0 radical (unpaired) electrons. The van der Waals surface area contributed by atoms with Crippen molar-refractivity contribution in [2.45, 2.75) is 32.1 Å². The van der Waals surface area contributed by atoms with Crippen molar-refractivity contribution in [2.75, 3.05) is 0 Å². The van der Waals surface area contributed by atoms with Crippen molar-refractivity contribution in [1.29, 1.82) is 0 Å². The van der Waals surface area contributed by atoms with Gasteiger partial charge in [0.15, 0.2) is 0 Å². The van der Waals surface area contributed by atoms with Gasteiger partial charge >= 0.3 is 0 Å². The molecule has 0 fully saturated rings. The molecule has 0 aliphatic heterocycles. The molecule has 0 unspecified atom stereocenters. The molecule has 0 amide bonds. The average Bonchev–Trinajstić information content (AvgIpc) is 3.25. The summed E-state index contributed by atoms with van der Waals surface area (Å²) in [6.45, 7) is 4.44. The molecule has 4 aromatic rings. The number of aryl methyl sites for hydroxylation is 3. The molecule has 0 atom stereocenters. The Morgan fingerprint density at radius 2 is 1.35 bits per heavy atom.